The number of aliphatic imine (C=N–C) groups is 1. The van der Waals surface area contributed by atoms with Crippen LogP contribution in [0, 0.1) is 0 Å². The Hall–Kier alpha value is -1.12. The highest BCUT2D eigenvalue weighted by molar-refractivity contribution is 5.77. The van der Waals surface area contributed by atoms with E-state index in [0.717, 1.165) is 5.57 Å². The van der Waals surface area contributed by atoms with E-state index in [4.69, 9.17) is 0 Å². The van der Waals surface area contributed by atoms with Crippen molar-refractivity contribution in [2.24, 2.45) is 10.1 Å². The van der Waals surface area contributed by atoms with E-state index < -0.39 is 0 Å². The van der Waals surface area contributed by atoms with Gasteiger partial charge in [0, 0.05) is 13.2 Å². The summed E-state index contributed by atoms with van der Waals surface area (Å²) in [7, 11) is 1.74. The molecule has 3 nitrogen and oxygen atoms in total. The number of nitrogens with one attached hydrogen (secondary N) is 1. The summed E-state index contributed by atoms with van der Waals surface area (Å²) in [5, 5.41) is 3.76. The number of nitrogens with zero attached hydrogens (tertiary/aromatic N) is 2. The summed E-state index contributed by atoms with van der Waals surface area (Å²) in [5.41, 5.74) is 3.60. The van der Waals surface area contributed by atoms with Crippen LogP contribution in [0.2, 0.25) is 0 Å². The summed E-state index contributed by atoms with van der Waals surface area (Å²) in [5.74, 6) is 0. The van der Waals surface area contributed by atoms with Crippen LogP contribution in [0.1, 0.15) is 6.92 Å². The minimum absolute atomic E-state index is 0.972. The lowest BCUT2D eigenvalue weighted by Gasteiger charge is -1.86. The highest BCUT2D eigenvalue weighted by Crippen LogP contribution is 1.85. The Labute approximate surface area is 55.2 Å². The zero-order valence-corrected chi connectivity index (χ0v) is 5.76. The molecule has 1 N–H and O–H groups in total. The van der Waals surface area contributed by atoms with Gasteiger partial charge in [-0.1, -0.05) is 0 Å². The highest BCUT2D eigenvalue weighted by Gasteiger charge is 1.75. The van der Waals surface area contributed by atoms with Gasteiger partial charge in [-0.05, 0) is 19.2 Å². The standard InChI is InChI=1S/C6H11N3/c1-6(4-7-2)5-9-8-3/h4-5,8H,2H2,1,3H3/b6-4-,9-5-. The minimum Gasteiger partial charge on any atom is -0.313 e. The number of hydrogen-bond donors (Lipinski definition) is 1. The van der Waals surface area contributed by atoms with E-state index in [1.165, 1.54) is 0 Å². The van der Waals surface area contributed by atoms with E-state index in [1.54, 1.807) is 19.5 Å². The molecule has 0 aliphatic carbocycles. The van der Waals surface area contributed by atoms with Crippen LogP contribution in [-0.4, -0.2) is 20.0 Å². The Morgan fingerprint density at radius 3 is 2.78 bits per heavy atom. The molecule has 0 spiro atoms. The molecule has 0 aliphatic heterocycles. The van der Waals surface area contributed by atoms with Crippen LogP contribution in [-0.2, 0) is 0 Å². The second-order valence-electron chi connectivity index (χ2n) is 1.54. The maximum Gasteiger partial charge on any atom is 0.0512 e. The quantitative estimate of drug-likeness (QED) is 0.439. The SMILES string of the molecule is C=N/C=C(C)\C=N/NC. The van der Waals surface area contributed by atoms with Crippen LogP contribution in [0.25, 0.3) is 0 Å². The van der Waals surface area contributed by atoms with Crippen molar-refractivity contribution in [3.63, 3.8) is 0 Å². The van der Waals surface area contributed by atoms with Crippen molar-refractivity contribution >= 4 is 12.9 Å². The molecule has 0 radical (unpaired) electrons. The fraction of sp³-hybridized carbons (Fsp3) is 0.333. The van der Waals surface area contributed by atoms with E-state index in [0.29, 0.717) is 0 Å². The van der Waals surface area contributed by atoms with Gasteiger partial charge in [-0.25, -0.2) is 0 Å². The van der Waals surface area contributed by atoms with E-state index >= 15 is 0 Å². The van der Waals surface area contributed by atoms with E-state index in [2.05, 4.69) is 22.2 Å². The minimum atomic E-state index is 0.972. The third kappa shape index (κ3) is 4.74. The fourth-order valence-corrected chi connectivity index (χ4v) is 0.344. The molecule has 3 heteroatoms. The van der Waals surface area contributed by atoms with Crippen LogP contribution >= 0.6 is 0 Å². The zero-order valence-electron chi connectivity index (χ0n) is 5.76. The first-order valence-corrected chi connectivity index (χ1v) is 2.63. The van der Waals surface area contributed by atoms with Crippen LogP contribution < -0.4 is 5.43 Å². The summed E-state index contributed by atoms with van der Waals surface area (Å²) < 4.78 is 0. The van der Waals surface area contributed by atoms with Gasteiger partial charge in [-0.2, -0.15) is 5.10 Å². The third-order valence-electron chi connectivity index (χ3n) is 0.692. The zero-order chi connectivity index (χ0) is 7.11. The molecule has 0 unspecified atom stereocenters. The molecule has 0 heterocycles. The molecule has 0 saturated heterocycles. The Kier molecular flexibility index (Phi) is 4.40. The van der Waals surface area contributed by atoms with Gasteiger partial charge in [-0.15, -0.1) is 0 Å². The number of hydrazone groups is 1. The molecule has 0 saturated carbocycles. The maximum absolute atomic E-state index is 3.76. The highest BCUT2D eigenvalue weighted by atomic mass is 15.3. The molecule has 0 aliphatic rings. The Balaban J connectivity index is 3.74. The normalized spacial score (nSPS) is 12.0. The molecule has 0 aromatic carbocycles. The average Bonchev–Trinajstić information content (AvgIpc) is 1.85. The monoisotopic (exact) mass is 125 g/mol. The number of hydrogen-bond acceptors (Lipinski definition) is 3. The molecule has 50 valence electrons. The average molecular weight is 125 g/mol. The van der Waals surface area contributed by atoms with Gasteiger partial charge in [0.1, 0.15) is 0 Å². The van der Waals surface area contributed by atoms with Gasteiger partial charge >= 0.3 is 0 Å². The van der Waals surface area contributed by atoms with Gasteiger partial charge in [0.15, 0.2) is 0 Å². The Morgan fingerprint density at radius 2 is 2.33 bits per heavy atom. The summed E-state index contributed by atoms with van der Waals surface area (Å²) in [6.07, 6.45) is 3.32. The molecule has 9 heavy (non-hydrogen) atoms. The summed E-state index contributed by atoms with van der Waals surface area (Å²) in [6, 6.07) is 0. The van der Waals surface area contributed by atoms with Crippen molar-refractivity contribution in [2.75, 3.05) is 7.05 Å². The smallest absolute Gasteiger partial charge is 0.0512 e. The van der Waals surface area contributed by atoms with Crippen LogP contribution in [0.4, 0.5) is 0 Å². The molecule has 0 amide bonds. The van der Waals surface area contributed by atoms with Crippen molar-refractivity contribution in [3.05, 3.63) is 11.8 Å². The third-order valence-corrected chi connectivity index (χ3v) is 0.692. The first-order valence-electron chi connectivity index (χ1n) is 2.63. The van der Waals surface area contributed by atoms with Crippen LogP contribution in [0.3, 0.4) is 0 Å². The van der Waals surface area contributed by atoms with E-state index in [9.17, 15) is 0 Å². The second kappa shape index (κ2) is 5.03. The van der Waals surface area contributed by atoms with Crippen LogP contribution in [0.15, 0.2) is 21.9 Å². The molecule has 0 bridgehead atoms. The summed E-state index contributed by atoms with van der Waals surface area (Å²) >= 11 is 0. The molecule has 0 rings (SSSR count). The van der Waals surface area contributed by atoms with Crippen molar-refractivity contribution in [1.29, 1.82) is 0 Å². The molecule has 0 aromatic rings. The van der Waals surface area contributed by atoms with E-state index in [1.807, 2.05) is 6.92 Å². The van der Waals surface area contributed by atoms with Gasteiger partial charge in [-0.3, -0.25) is 4.99 Å². The van der Waals surface area contributed by atoms with Crippen molar-refractivity contribution < 1.29 is 0 Å². The number of rotatable bonds is 3. The second-order valence-corrected chi connectivity index (χ2v) is 1.54. The maximum atomic E-state index is 3.76. The van der Waals surface area contributed by atoms with Gasteiger partial charge in [0.25, 0.3) is 0 Å². The number of allylic oxidation sites excluding steroid dienone is 1. The molecule has 0 fully saturated rings. The fourth-order valence-electron chi connectivity index (χ4n) is 0.344. The van der Waals surface area contributed by atoms with Crippen LogP contribution in [0.5, 0.6) is 0 Å². The van der Waals surface area contributed by atoms with Crippen molar-refractivity contribution in [3.8, 4) is 0 Å². The lowest BCUT2D eigenvalue weighted by Crippen LogP contribution is -1.93. The lowest BCUT2D eigenvalue weighted by molar-refractivity contribution is 0.907. The van der Waals surface area contributed by atoms with E-state index in [-0.39, 0.29) is 0 Å². The summed E-state index contributed by atoms with van der Waals surface area (Å²) in [6.45, 7) is 5.20. The summed E-state index contributed by atoms with van der Waals surface area (Å²) in [4.78, 5) is 3.56. The first-order chi connectivity index (χ1) is 4.31. The van der Waals surface area contributed by atoms with Crippen molar-refractivity contribution in [2.45, 2.75) is 6.92 Å². The first kappa shape index (κ1) is 7.88. The lowest BCUT2D eigenvalue weighted by atomic mass is 10.4. The van der Waals surface area contributed by atoms with Gasteiger partial charge in [0.05, 0.1) is 6.21 Å². The van der Waals surface area contributed by atoms with Gasteiger partial charge in [0.2, 0.25) is 0 Å². The molecule has 0 aromatic heterocycles. The van der Waals surface area contributed by atoms with Gasteiger partial charge < -0.3 is 5.43 Å². The topological polar surface area (TPSA) is 36.8 Å². The largest absolute Gasteiger partial charge is 0.313 e. The Morgan fingerprint density at radius 1 is 1.67 bits per heavy atom. The molecule has 0 atom stereocenters. The Bertz CT molecular complexity index is 135. The predicted molar refractivity (Wildman–Crippen MR) is 40.9 cm³/mol. The van der Waals surface area contributed by atoms with Crippen molar-refractivity contribution in [1.82, 2.24) is 5.43 Å². The predicted octanol–water partition coefficient (Wildman–Crippen LogP) is 0.796. The molecular formula is C6H11N3. The molecular weight excluding hydrogens is 114 g/mol.